The minimum absolute atomic E-state index is 0.0371. The first-order valence-electron chi connectivity index (χ1n) is 7.41. The second-order valence-corrected chi connectivity index (χ2v) is 5.96. The van der Waals surface area contributed by atoms with Crippen molar-refractivity contribution in [1.29, 1.82) is 0 Å². The van der Waals surface area contributed by atoms with Crippen LogP contribution in [-0.4, -0.2) is 36.6 Å². The van der Waals surface area contributed by atoms with Crippen LogP contribution in [-0.2, 0) is 9.53 Å². The van der Waals surface area contributed by atoms with E-state index in [2.05, 4.69) is 25.7 Å². The van der Waals surface area contributed by atoms with Gasteiger partial charge in [-0.3, -0.25) is 4.99 Å². The molecule has 5 nitrogen and oxygen atoms in total. The van der Waals surface area contributed by atoms with Crippen LogP contribution in [0.15, 0.2) is 27.2 Å². The number of aliphatic imine (C=N–C) groups is 1. The van der Waals surface area contributed by atoms with Crippen LogP contribution in [0.2, 0.25) is 0 Å². The monoisotopic (exact) mass is 421 g/mol. The summed E-state index contributed by atoms with van der Waals surface area (Å²) >= 11 is 2.89. The van der Waals surface area contributed by atoms with Gasteiger partial charge in [0.2, 0.25) is 0 Å². The topological polar surface area (TPSA) is 68.1 Å². The van der Waals surface area contributed by atoms with Gasteiger partial charge in [0.25, 0.3) is 0 Å². The van der Waals surface area contributed by atoms with Crippen molar-refractivity contribution in [1.82, 2.24) is 0 Å². The van der Waals surface area contributed by atoms with Crippen molar-refractivity contribution in [3.63, 3.8) is 0 Å². The van der Waals surface area contributed by atoms with Crippen molar-refractivity contribution >= 4 is 33.9 Å². The van der Waals surface area contributed by atoms with Gasteiger partial charge >= 0.3 is 12.6 Å². The molecule has 1 aliphatic carbocycles. The summed E-state index contributed by atoms with van der Waals surface area (Å²) in [6.45, 7) is -1.65. The Balaban J connectivity index is 2.50. The number of rotatable bonds is 7. The van der Waals surface area contributed by atoms with Gasteiger partial charge in [-0.15, -0.1) is 0 Å². The molecule has 1 aromatic rings. The average Bonchev–Trinajstić information content (AvgIpc) is 3.36. The number of aliphatic hydroxyl groups excluding tert-OH is 1. The van der Waals surface area contributed by atoms with E-state index in [4.69, 9.17) is 4.74 Å². The van der Waals surface area contributed by atoms with Gasteiger partial charge in [0.1, 0.15) is 11.3 Å². The van der Waals surface area contributed by atoms with Crippen LogP contribution in [0, 0.1) is 5.82 Å². The lowest BCUT2D eigenvalue weighted by Crippen LogP contribution is -2.13. The summed E-state index contributed by atoms with van der Waals surface area (Å²) in [4.78, 5) is 16.1. The summed E-state index contributed by atoms with van der Waals surface area (Å²) in [7, 11) is 0. The van der Waals surface area contributed by atoms with Crippen molar-refractivity contribution in [2.45, 2.75) is 32.4 Å². The number of nitrogens with zero attached hydrogens (tertiary/aromatic N) is 1. The number of alkyl halides is 2. The summed E-state index contributed by atoms with van der Waals surface area (Å²) in [6, 6.07) is 2.38. The molecule has 0 atom stereocenters. The first-order chi connectivity index (χ1) is 11.8. The second-order valence-electron chi connectivity index (χ2n) is 5.11. The fourth-order valence-electron chi connectivity index (χ4n) is 1.88. The standard InChI is InChI=1S/C16H15BrF3NO4/c1-2-24-15(23)10(7-21-8-3-4-8)13(22)9-5-6-11(17)14(12(9)18)25-16(19)20/h5-8,16,22H,2-4H2,1H3/b13-10-,21-7?. The lowest BCUT2D eigenvalue weighted by molar-refractivity contribution is -0.137. The quantitative estimate of drug-likeness (QED) is 0.309. The van der Waals surface area contributed by atoms with Crippen LogP contribution < -0.4 is 4.74 Å². The Morgan fingerprint density at radius 2 is 2.16 bits per heavy atom. The molecule has 0 amide bonds. The predicted molar refractivity (Wildman–Crippen MR) is 88.4 cm³/mol. The molecule has 1 aliphatic rings. The van der Waals surface area contributed by atoms with Crippen molar-refractivity contribution in [3.8, 4) is 5.75 Å². The molecule has 0 saturated heterocycles. The molecule has 1 saturated carbocycles. The number of hydrogen-bond acceptors (Lipinski definition) is 5. The highest BCUT2D eigenvalue weighted by molar-refractivity contribution is 9.10. The Morgan fingerprint density at radius 3 is 2.72 bits per heavy atom. The molecule has 0 aromatic heterocycles. The molecule has 1 fully saturated rings. The average molecular weight is 422 g/mol. The Kier molecular flexibility index (Phi) is 6.46. The summed E-state index contributed by atoms with van der Waals surface area (Å²) in [5, 5.41) is 10.3. The van der Waals surface area contributed by atoms with Gasteiger partial charge in [-0.25, -0.2) is 9.18 Å². The zero-order valence-electron chi connectivity index (χ0n) is 13.1. The Hall–Kier alpha value is -2.03. The van der Waals surface area contributed by atoms with Crippen LogP contribution >= 0.6 is 15.9 Å². The summed E-state index contributed by atoms with van der Waals surface area (Å²) < 4.78 is 48.2. The van der Waals surface area contributed by atoms with Gasteiger partial charge in [-0.05, 0) is 47.8 Å². The van der Waals surface area contributed by atoms with Crippen molar-refractivity contribution < 1.29 is 32.5 Å². The maximum absolute atomic E-state index is 14.5. The third-order valence-corrected chi connectivity index (χ3v) is 3.85. The van der Waals surface area contributed by atoms with E-state index in [1.54, 1.807) is 6.92 Å². The molecule has 0 aliphatic heterocycles. The third-order valence-electron chi connectivity index (χ3n) is 3.22. The highest BCUT2D eigenvalue weighted by Gasteiger charge is 2.25. The van der Waals surface area contributed by atoms with Crippen LogP contribution in [0.25, 0.3) is 5.76 Å². The molecular formula is C16H15BrF3NO4. The van der Waals surface area contributed by atoms with Crippen molar-refractivity contribution in [2.24, 2.45) is 4.99 Å². The van der Waals surface area contributed by atoms with Gasteiger partial charge in [-0.2, -0.15) is 8.78 Å². The molecule has 0 spiro atoms. The lowest BCUT2D eigenvalue weighted by atomic mass is 10.1. The number of esters is 1. The number of benzene rings is 1. The minimum atomic E-state index is -3.26. The van der Waals surface area contributed by atoms with Gasteiger partial charge in [0, 0.05) is 6.21 Å². The van der Waals surface area contributed by atoms with E-state index in [0.717, 1.165) is 25.1 Å². The molecule has 1 aromatic carbocycles. The largest absolute Gasteiger partial charge is 0.506 e. The Bertz CT molecular complexity index is 718. The smallest absolute Gasteiger partial charge is 0.387 e. The molecule has 0 radical (unpaired) electrons. The van der Waals surface area contributed by atoms with Crippen LogP contribution in [0.3, 0.4) is 0 Å². The zero-order chi connectivity index (χ0) is 18.6. The molecule has 0 unspecified atom stereocenters. The fourth-order valence-corrected chi connectivity index (χ4v) is 2.28. The van der Waals surface area contributed by atoms with E-state index in [0.29, 0.717) is 0 Å². The van der Waals surface area contributed by atoms with Gasteiger partial charge in [0.05, 0.1) is 22.7 Å². The van der Waals surface area contributed by atoms with Gasteiger partial charge < -0.3 is 14.6 Å². The molecule has 0 bridgehead atoms. The van der Waals surface area contributed by atoms with Crippen molar-refractivity contribution in [3.05, 3.63) is 33.6 Å². The molecule has 1 N–H and O–H groups in total. The van der Waals surface area contributed by atoms with Crippen LogP contribution in [0.5, 0.6) is 5.75 Å². The summed E-state index contributed by atoms with van der Waals surface area (Å²) in [6.07, 6.45) is 2.82. The lowest BCUT2D eigenvalue weighted by Gasteiger charge is -2.12. The maximum atomic E-state index is 14.5. The molecule has 2 rings (SSSR count). The number of hydrogen-bond donors (Lipinski definition) is 1. The van der Waals surface area contributed by atoms with E-state index in [1.165, 1.54) is 6.07 Å². The molecule has 25 heavy (non-hydrogen) atoms. The Labute approximate surface area is 150 Å². The van der Waals surface area contributed by atoms with E-state index < -0.39 is 35.5 Å². The molecule has 9 heteroatoms. The highest BCUT2D eigenvalue weighted by Crippen LogP contribution is 2.34. The minimum Gasteiger partial charge on any atom is -0.506 e. The number of ether oxygens (including phenoxy) is 2. The van der Waals surface area contributed by atoms with E-state index in [-0.39, 0.29) is 22.7 Å². The summed E-state index contributed by atoms with van der Waals surface area (Å²) in [5.41, 5.74) is -0.845. The van der Waals surface area contributed by atoms with E-state index in [1.807, 2.05) is 0 Å². The Morgan fingerprint density at radius 1 is 1.48 bits per heavy atom. The van der Waals surface area contributed by atoms with Crippen LogP contribution in [0.1, 0.15) is 25.3 Å². The number of carbonyl (C=O) groups excluding carboxylic acids is 1. The fraction of sp³-hybridized carbons (Fsp3) is 0.375. The molecular weight excluding hydrogens is 407 g/mol. The van der Waals surface area contributed by atoms with E-state index >= 15 is 0 Å². The molecule has 136 valence electrons. The zero-order valence-corrected chi connectivity index (χ0v) is 14.7. The normalized spacial score (nSPS) is 15.4. The number of aliphatic hydroxyl groups is 1. The maximum Gasteiger partial charge on any atom is 0.387 e. The second kappa shape index (κ2) is 8.37. The molecule has 0 heterocycles. The number of halogens is 4. The highest BCUT2D eigenvalue weighted by atomic mass is 79.9. The summed E-state index contributed by atoms with van der Waals surface area (Å²) in [5.74, 6) is -3.69. The predicted octanol–water partition coefficient (Wildman–Crippen LogP) is 4.26. The first kappa shape index (κ1) is 19.3. The van der Waals surface area contributed by atoms with Gasteiger partial charge in [0.15, 0.2) is 11.6 Å². The van der Waals surface area contributed by atoms with Gasteiger partial charge in [-0.1, -0.05) is 0 Å². The third kappa shape index (κ3) is 4.97. The van der Waals surface area contributed by atoms with E-state index in [9.17, 15) is 23.1 Å². The van der Waals surface area contributed by atoms with Crippen molar-refractivity contribution in [2.75, 3.05) is 6.61 Å². The first-order valence-corrected chi connectivity index (χ1v) is 8.21. The van der Waals surface area contributed by atoms with Crippen LogP contribution in [0.4, 0.5) is 13.2 Å². The SMILES string of the molecule is CCOC(=O)/C(C=NC1CC1)=C(\O)c1ccc(Br)c(OC(F)F)c1F. The number of carbonyl (C=O) groups is 1.